The molecule has 0 atom stereocenters. The largest absolute Gasteiger partial charge is 0.338 e. The molecule has 1 fully saturated rings. The minimum absolute atomic E-state index is 0.0319. The van der Waals surface area contributed by atoms with Gasteiger partial charge in [0.25, 0.3) is 5.91 Å². The Kier molecular flexibility index (Phi) is 6.39. The second-order valence-corrected chi connectivity index (χ2v) is 10.4. The van der Waals surface area contributed by atoms with Gasteiger partial charge in [0, 0.05) is 31.1 Å². The average molecular weight is 499 g/mol. The third kappa shape index (κ3) is 4.78. The van der Waals surface area contributed by atoms with E-state index in [0.29, 0.717) is 26.2 Å². The Balaban J connectivity index is 1.21. The number of fused-ring (bicyclic) bond motifs is 1. The number of thioether (sulfide) groups is 1. The maximum atomic E-state index is 13.2. The van der Waals surface area contributed by atoms with E-state index in [1.54, 1.807) is 17.0 Å². The quantitative estimate of drug-likeness (QED) is 0.296. The van der Waals surface area contributed by atoms with Crippen molar-refractivity contribution >= 4 is 56.5 Å². The molecule has 33 heavy (non-hydrogen) atoms. The van der Waals surface area contributed by atoms with Crippen LogP contribution in [0.1, 0.15) is 9.67 Å². The Labute approximate surface area is 202 Å². The molecule has 6 nitrogen and oxygen atoms in total. The Hall–Kier alpha value is -2.82. The molecule has 0 aliphatic carbocycles. The maximum Gasteiger partial charge on any atom is 0.264 e. The van der Waals surface area contributed by atoms with Crippen LogP contribution in [0.25, 0.3) is 20.7 Å². The number of rotatable bonds is 5. The lowest BCUT2D eigenvalue weighted by molar-refractivity contribution is -0.129. The second kappa shape index (κ2) is 9.58. The zero-order chi connectivity index (χ0) is 22.8. The van der Waals surface area contributed by atoms with Crippen LogP contribution < -0.4 is 0 Å². The molecule has 1 saturated heterocycles. The summed E-state index contributed by atoms with van der Waals surface area (Å²) in [5, 5.41) is 2.66. The van der Waals surface area contributed by atoms with Crippen molar-refractivity contribution in [2.24, 2.45) is 0 Å². The molecule has 1 aromatic carbocycles. The van der Waals surface area contributed by atoms with E-state index in [-0.39, 0.29) is 23.4 Å². The minimum Gasteiger partial charge on any atom is -0.338 e. The van der Waals surface area contributed by atoms with E-state index >= 15 is 0 Å². The standard InChI is InChI=1S/C23H19FN4O2S3/c24-16-5-3-15(4-6-16)19-12-17-21(33-19)22(26-14-25-17)32-13-20(29)27-7-9-28(10-8-27)23(30)18-2-1-11-31-18/h1-6,11-12,14H,7-10,13H2. The summed E-state index contributed by atoms with van der Waals surface area (Å²) >= 11 is 4.37. The van der Waals surface area contributed by atoms with Crippen molar-refractivity contribution in [2.45, 2.75) is 5.03 Å². The van der Waals surface area contributed by atoms with Gasteiger partial charge in [0.1, 0.15) is 17.2 Å². The van der Waals surface area contributed by atoms with Gasteiger partial charge in [-0.3, -0.25) is 9.59 Å². The number of carbonyl (C=O) groups is 2. The van der Waals surface area contributed by atoms with Gasteiger partial charge >= 0.3 is 0 Å². The molecule has 2 amide bonds. The lowest BCUT2D eigenvalue weighted by Gasteiger charge is -2.34. The number of halogens is 1. The van der Waals surface area contributed by atoms with Crippen molar-refractivity contribution in [1.82, 2.24) is 19.8 Å². The first kappa shape index (κ1) is 22.0. The smallest absolute Gasteiger partial charge is 0.264 e. The zero-order valence-corrected chi connectivity index (χ0v) is 19.9. The molecule has 0 N–H and O–H groups in total. The number of hydrogen-bond acceptors (Lipinski definition) is 7. The third-order valence-corrected chi connectivity index (χ3v) is 8.53. The molecule has 0 radical (unpaired) electrons. The molecule has 168 valence electrons. The molecular formula is C23H19FN4O2S3. The predicted octanol–water partition coefficient (Wildman–Crippen LogP) is 4.64. The van der Waals surface area contributed by atoms with E-state index in [4.69, 9.17) is 0 Å². The number of thiophene rings is 2. The highest BCUT2D eigenvalue weighted by Crippen LogP contribution is 2.37. The first-order chi connectivity index (χ1) is 16.1. The minimum atomic E-state index is -0.272. The van der Waals surface area contributed by atoms with Gasteiger partial charge in [-0.05, 0) is 35.2 Å². The van der Waals surface area contributed by atoms with Crippen molar-refractivity contribution in [2.75, 3.05) is 31.9 Å². The summed E-state index contributed by atoms with van der Waals surface area (Å²) in [6, 6.07) is 12.0. The van der Waals surface area contributed by atoms with Crippen molar-refractivity contribution in [3.63, 3.8) is 0 Å². The summed E-state index contributed by atoms with van der Waals surface area (Å²) in [6.07, 6.45) is 1.51. The molecule has 0 spiro atoms. The summed E-state index contributed by atoms with van der Waals surface area (Å²) < 4.78 is 14.2. The highest BCUT2D eigenvalue weighted by molar-refractivity contribution is 8.00. The van der Waals surface area contributed by atoms with Crippen molar-refractivity contribution in [1.29, 1.82) is 0 Å². The van der Waals surface area contributed by atoms with Crippen LogP contribution in [-0.4, -0.2) is 63.5 Å². The molecular weight excluding hydrogens is 479 g/mol. The molecule has 4 aromatic rings. The van der Waals surface area contributed by atoms with Crippen LogP contribution in [0.15, 0.2) is 59.2 Å². The first-order valence-corrected chi connectivity index (χ1v) is 13.0. The fourth-order valence-electron chi connectivity index (χ4n) is 3.63. The second-order valence-electron chi connectivity index (χ2n) is 7.45. The summed E-state index contributed by atoms with van der Waals surface area (Å²) in [7, 11) is 0. The molecule has 0 saturated carbocycles. The van der Waals surface area contributed by atoms with E-state index in [0.717, 1.165) is 30.6 Å². The molecule has 4 heterocycles. The van der Waals surface area contributed by atoms with Crippen LogP contribution in [0.4, 0.5) is 4.39 Å². The summed E-state index contributed by atoms with van der Waals surface area (Å²) in [6.45, 7) is 2.14. The van der Waals surface area contributed by atoms with Gasteiger partial charge in [-0.1, -0.05) is 30.0 Å². The molecule has 0 bridgehead atoms. The summed E-state index contributed by atoms with van der Waals surface area (Å²) in [5.41, 5.74) is 1.73. The van der Waals surface area contributed by atoms with Gasteiger partial charge in [-0.25, -0.2) is 14.4 Å². The van der Waals surface area contributed by atoms with Crippen LogP contribution in [-0.2, 0) is 4.79 Å². The number of nitrogens with zero attached hydrogens (tertiary/aromatic N) is 4. The van der Waals surface area contributed by atoms with Gasteiger partial charge in [-0.15, -0.1) is 22.7 Å². The fourth-order valence-corrected chi connectivity index (χ4v) is 6.42. The highest BCUT2D eigenvalue weighted by atomic mass is 32.2. The van der Waals surface area contributed by atoms with E-state index in [1.165, 1.54) is 52.9 Å². The van der Waals surface area contributed by atoms with Crippen molar-refractivity contribution in [3.05, 3.63) is 64.9 Å². The molecule has 3 aromatic heterocycles. The lowest BCUT2D eigenvalue weighted by atomic mass is 10.2. The summed E-state index contributed by atoms with van der Waals surface area (Å²) in [4.78, 5) is 39.3. The number of piperazine rings is 1. The normalized spacial score (nSPS) is 14.1. The first-order valence-electron chi connectivity index (χ1n) is 10.3. The average Bonchev–Trinajstić information content (AvgIpc) is 3.53. The Morgan fingerprint density at radius 2 is 1.79 bits per heavy atom. The maximum absolute atomic E-state index is 13.2. The number of hydrogen-bond donors (Lipinski definition) is 0. The van der Waals surface area contributed by atoms with E-state index in [9.17, 15) is 14.0 Å². The topological polar surface area (TPSA) is 66.4 Å². The van der Waals surface area contributed by atoms with E-state index < -0.39 is 0 Å². The molecule has 10 heteroatoms. The third-order valence-electron chi connectivity index (χ3n) is 5.39. The summed E-state index contributed by atoms with van der Waals surface area (Å²) in [5.74, 6) is 0.0651. The number of benzene rings is 1. The Morgan fingerprint density at radius 1 is 1.03 bits per heavy atom. The SMILES string of the molecule is O=C(CSc1ncnc2cc(-c3ccc(F)cc3)sc12)N1CCN(C(=O)c2cccs2)CC1. The number of carbonyl (C=O) groups excluding carboxylic acids is 2. The molecule has 5 rings (SSSR count). The molecule has 1 aliphatic rings. The monoisotopic (exact) mass is 498 g/mol. The van der Waals surface area contributed by atoms with Gasteiger partial charge < -0.3 is 9.80 Å². The number of aromatic nitrogens is 2. The van der Waals surface area contributed by atoms with Crippen molar-refractivity contribution < 1.29 is 14.0 Å². The van der Waals surface area contributed by atoms with Crippen LogP contribution in [0, 0.1) is 5.82 Å². The van der Waals surface area contributed by atoms with Gasteiger partial charge in [0.05, 0.1) is 20.8 Å². The zero-order valence-electron chi connectivity index (χ0n) is 17.4. The van der Waals surface area contributed by atoms with Crippen LogP contribution in [0.3, 0.4) is 0 Å². The lowest BCUT2D eigenvalue weighted by Crippen LogP contribution is -2.51. The Bertz CT molecular complexity index is 1280. The van der Waals surface area contributed by atoms with Crippen molar-refractivity contribution in [3.8, 4) is 10.4 Å². The van der Waals surface area contributed by atoms with Crippen LogP contribution in [0.2, 0.25) is 0 Å². The van der Waals surface area contributed by atoms with Crippen LogP contribution >= 0.6 is 34.4 Å². The van der Waals surface area contributed by atoms with Gasteiger partial charge in [-0.2, -0.15) is 0 Å². The predicted molar refractivity (Wildman–Crippen MR) is 130 cm³/mol. The fraction of sp³-hybridized carbons (Fsp3) is 0.217. The molecule has 1 aliphatic heterocycles. The Morgan fingerprint density at radius 3 is 2.52 bits per heavy atom. The van der Waals surface area contributed by atoms with Gasteiger partial charge in [0.15, 0.2) is 0 Å². The van der Waals surface area contributed by atoms with E-state index in [1.807, 2.05) is 28.5 Å². The van der Waals surface area contributed by atoms with E-state index in [2.05, 4.69) is 9.97 Å². The van der Waals surface area contributed by atoms with Crippen LogP contribution in [0.5, 0.6) is 0 Å². The molecule has 0 unspecified atom stereocenters. The van der Waals surface area contributed by atoms with Gasteiger partial charge in [0.2, 0.25) is 5.91 Å². The highest BCUT2D eigenvalue weighted by Gasteiger charge is 2.25. The number of amides is 2.